The Kier molecular flexibility index (Phi) is 8.73. The third-order valence-electron chi connectivity index (χ3n) is 5.78. The second-order valence-corrected chi connectivity index (χ2v) is 9.93. The predicted octanol–water partition coefficient (Wildman–Crippen LogP) is 4.01. The lowest BCUT2D eigenvalue weighted by molar-refractivity contribution is -0.129. The van der Waals surface area contributed by atoms with Gasteiger partial charge in [0.1, 0.15) is 5.69 Å². The molecule has 8 nitrogen and oxygen atoms in total. The van der Waals surface area contributed by atoms with E-state index in [0.29, 0.717) is 37.1 Å². The molecule has 0 unspecified atom stereocenters. The molecule has 1 fully saturated rings. The highest BCUT2D eigenvalue weighted by Crippen LogP contribution is 2.28. The van der Waals surface area contributed by atoms with Crippen LogP contribution in [0.25, 0.3) is 11.3 Å². The molecule has 1 N–H and O–H groups in total. The summed E-state index contributed by atoms with van der Waals surface area (Å²) in [5.74, 6) is 0.760. The second kappa shape index (κ2) is 12.1. The van der Waals surface area contributed by atoms with E-state index in [0.717, 1.165) is 41.4 Å². The summed E-state index contributed by atoms with van der Waals surface area (Å²) in [6.45, 7) is 5.70. The van der Waals surface area contributed by atoms with Crippen LogP contribution < -0.4 is 10.2 Å². The van der Waals surface area contributed by atoms with Crippen molar-refractivity contribution in [2.75, 3.05) is 55.0 Å². The number of aromatic nitrogens is 2. The van der Waals surface area contributed by atoms with Crippen molar-refractivity contribution in [1.82, 2.24) is 14.9 Å². The van der Waals surface area contributed by atoms with Gasteiger partial charge in [-0.25, -0.2) is 9.97 Å². The Hall–Kier alpha value is -2.95. The first kappa shape index (κ1) is 25.2. The number of nitrogens with one attached hydrogen (secondary N) is 1. The third-order valence-corrected chi connectivity index (χ3v) is 7.11. The molecule has 1 aliphatic heterocycles. The first-order valence-electron chi connectivity index (χ1n) is 11.4. The number of carbonyl (C=O) groups excluding carboxylic acids is 2. The third kappa shape index (κ3) is 6.59. The summed E-state index contributed by atoms with van der Waals surface area (Å²) in [4.78, 5) is 37.2. The number of hydrogen-bond donors (Lipinski definition) is 1. The standard InChI is InChI=1S/C25H29N5O3S2/c1-18(31)29-9-11-30(12-10-29)20-7-8-22(26-15-20)24(32)28-25-27-23(17-35-25)21-6-4-3-5-19(21)16-33-13-14-34-2/h3-8,15,17H,9-14,16H2,1-2H3,(H,27,28,32). The van der Waals surface area contributed by atoms with E-state index in [9.17, 15) is 9.59 Å². The molecule has 3 heterocycles. The number of hydrogen-bond acceptors (Lipinski definition) is 8. The SMILES string of the molecule is CSCCOCc1ccccc1-c1csc(NC(=O)c2ccc(N3CCN(C(C)=O)CC3)cn2)n1. The van der Waals surface area contributed by atoms with Crippen LogP contribution in [0.3, 0.4) is 0 Å². The Morgan fingerprint density at radius 3 is 2.66 bits per heavy atom. The first-order chi connectivity index (χ1) is 17.0. The molecule has 3 aromatic rings. The Bertz CT molecular complexity index is 1140. The van der Waals surface area contributed by atoms with Crippen LogP contribution in [0, 0.1) is 0 Å². The molecule has 0 spiro atoms. The van der Waals surface area contributed by atoms with Crippen LogP contribution in [0.2, 0.25) is 0 Å². The Balaban J connectivity index is 1.36. The minimum absolute atomic E-state index is 0.100. The molecule has 10 heteroatoms. The van der Waals surface area contributed by atoms with Crippen molar-refractivity contribution in [3.63, 3.8) is 0 Å². The molecule has 1 saturated heterocycles. The molecule has 1 aromatic carbocycles. The first-order valence-corrected chi connectivity index (χ1v) is 13.7. The normalized spacial score (nSPS) is 13.7. The van der Waals surface area contributed by atoms with Gasteiger partial charge in [0.25, 0.3) is 5.91 Å². The molecule has 35 heavy (non-hydrogen) atoms. The zero-order valence-corrected chi connectivity index (χ0v) is 21.5. The lowest BCUT2D eigenvalue weighted by Crippen LogP contribution is -2.48. The quantitative estimate of drug-likeness (QED) is 0.435. The van der Waals surface area contributed by atoms with Crippen LogP contribution >= 0.6 is 23.1 Å². The van der Waals surface area contributed by atoms with E-state index in [1.165, 1.54) is 11.3 Å². The van der Waals surface area contributed by atoms with Gasteiger partial charge < -0.3 is 14.5 Å². The summed E-state index contributed by atoms with van der Waals surface area (Å²) in [5, 5.41) is 5.32. The number of thiazole rings is 1. The Morgan fingerprint density at radius 2 is 1.94 bits per heavy atom. The summed E-state index contributed by atoms with van der Waals surface area (Å²) in [5.41, 5.74) is 4.15. The van der Waals surface area contributed by atoms with Crippen LogP contribution in [0.1, 0.15) is 23.0 Å². The summed E-state index contributed by atoms with van der Waals surface area (Å²) in [6.07, 6.45) is 3.77. The fraction of sp³-hybridized carbons (Fsp3) is 0.360. The maximum Gasteiger partial charge on any atom is 0.276 e. The fourth-order valence-corrected chi connectivity index (χ4v) is 4.81. The Labute approximate surface area is 213 Å². The zero-order valence-electron chi connectivity index (χ0n) is 19.9. The van der Waals surface area contributed by atoms with E-state index in [-0.39, 0.29) is 11.8 Å². The number of rotatable bonds is 9. The largest absolute Gasteiger partial charge is 0.376 e. The maximum atomic E-state index is 12.7. The predicted molar refractivity (Wildman–Crippen MR) is 142 cm³/mol. The maximum absolute atomic E-state index is 12.7. The lowest BCUT2D eigenvalue weighted by atomic mass is 10.1. The molecule has 0 radical (unpaired) electrons. The lowest BCUT2D eigenvalue weighted by Gasteiger charge is -2.35. The van der Waals surface area contributed by atoms with Crippen molar-refractivity contribution < 1.29 is 14.3 Å². The van der Waals surface area contributed by atoms with Gasteiger partial charge in [-0.2, -0.15) is 11.8 Å². The van der Waals surface area contributed by atoms with Crippen LogP contribution in [0.4, 0.5) is 10.8 Å². The number of pyridine rings is 1. The van der Waals surface area contributed by atoms with E-state index in [2.05, 4.69) is 26.4 Å². The molecule has 184 valence electrons. The van der Waals surface area contributed by atoms with Crippen LogP contribution in [-0.2, 0) is 16.1 Å². The van der Waals surface area contributed by atoms with Gasteiger partial charge in [-0.1, -0.05) is 24.3 Å². The van der Waals surface area contributed by atoms with Gasteiger partial charge in [0.05, 0.1) is 30.8 Å². The van der Waals surface area contributed by atoms with E-state index in [1.54, 1.807) is 30.9 Å². The summed E-state index contributed by atoms with van der Waals surface area (Å²) < 4.78 is 5.78. The minimum atomic E-state index is -0.299. The highest BCUT2D eigenvalue weighted by atomic mass is 32.2. The topological polar surface area (TPSA) is 87.7 Å². The molecule has 0 saturated carbocycles. The summed E-state index contributed by atoms with van der Waals surface area (Å²) in [7, 11) is 0. The molecule has 2 aromatic heterocycles. The number of carbonyl (C=O) groups is 2. The Morgan fingerprint density at radius 1 is 1.14 bits per heavy atom. The van der Waals surface area contributed by atoms with Gasteiger partial charge in [0.15, 0.2) is 5.13 Å². The van der Waals surface area contributed by atoms with Crippen molar-refractivity contribution in [3.05, 3.63) is 59.2 Å². The molecular weight excluding hydrogens is 482 g/mol. The zero-order chi connectivity index (χ0) is 24.6. The number of benzene rings is 1. The van der Waals surface area contributed by atoms with Crippen LogP contribution in [0.15, 0.2) is 48.0 Å². The van der Waals surface area contributed by atoms with E-state index < -0.39 is 0 Å². The molecule has 1 aliphatic rings. The number of anilines is 2. The van der Waals surface area contributed by atoms with Crippen molar-refractivity contribution in [1.29, 1.82) is 0 Å². The monoisotopic (exact) mass is 511 g/mol. The summed E-state index contributed by atoms with van der Waals surface area (Å²) in [6, 6.07) is 11.6. The number of piperazine rings is 1. The average molecular weight is 512 g/mol. The smallest absolute Gasteiger partial charge is 0.276 e. The number of ether oxygens (including phenoxy) is 1. The molecule has 0 aliphatic carbocycles. The van der Waals surface area contributed by atoms with Gasteiger partial charge in [-0.15, -0.1) is 11.3 Å². The van der Waals surface area contributed by atoms with Crippen LogP contribution in [-0.4, -0.2) is 71.5 Å². The van der Waals surface area contributed by atoms with Gasteiger partial charge in [-0.3, -0.25) is 14.9 Å². The second-order valence-electron chi connectivity index (χ2n) is 8.09. The molecule has 0 atom stereocenters. The van der Waals surface area contributed by atoms with Gasteiger partial charge in [0, 0.05) is 49.8 Å². The van der Waals surface area contributed by atoms with E-state index in [4.69, 9.17) is 4.74 Å². The fourth-order valence-electron chi connectivity index (χ4n) is 3.82. The molecule has 0 bridgehead atoms. The van der Waals surface area contributed by atoms with Crippen molar-refractivity contribution in [3.8, 4) is 11.3 Å². The van der Waals surface area contributed by atoms with E-state index >= 15 is 0 Å². The van der Waals surface area contributed by atoms with Crippen molar-refractivity contribution in [2.45, 2.75) is 13.5 Å². The van der Waals surface area contributed by atoms with Crippen molar-refractivity contribution in [2.24, 2.45) is 0 Å². The van der Waals surface area contributed by atoms with Crippen molar-refractivity contribution >= 4 is 45.7 Å². The number of amides is 2. The number of thioether (sulfide) groups is 1. The van der Waals surface area contributed by atoms with Crippen LogP contribution in [0.5, 0.6) is 0 Å². The van der Waals surface area contributed by atoms with Gasteiger partial charge in [-0.05, 0) is 24.0 Å². The van der Waals surface area contributed by atoms with Gasteiger partial charge in [0.2, 0.25) is 5.91 Å². The minimum Gasteiger partial charge on any atom is -0.376 e. The molecular formula is C25H29N5O3S2. The van der Waals surface area contributed by atoms with E-state index in [1.807, 2.05) is 40.6 Å². The van der Waals surface area contributed by atoms with Gasteiger partial charge >= 0.3 is 0 Å². The highest BCUT2D eigenvalue weighted by molar-refractivity contribution is 7.98. The highest BCUT2D eigenvalue weighted by Gasteiger charge is 2.19. The number of nitrogens with zero attached hydrogens (tertiary/aromatic N) is 4. The average Bonchev–Trinajstić information content (AvgIpc) is 3.35. The molecule has 4 rings (SSSR count). The molecule has 2 amide bonds. The summed E-state index contributed by atoms with van der Waals surface area (Å²) >= 11 is 3.14.